The Balaban J connectivity index is 1.48. The van der Waals surface area contributed by atoms with Crippen LogP contribution in [0.4, 0.5) is 23.1 Å². The Morgan fingerprint density at radius 3 is 2.54 bits per heavy atom. The molecule has 0 amide bonds. The summed E-state index contributed by atoms with van der Waals surface area (Å²) < 4.78 is 6.28. The molecule has 5 rings (SSSR count). The number of hydrogen-bond acceptors (Lipinski definition) is 8. The number of H-pyrrole nitrogens is 1. The number of likely N-dealkylation sites (tertiary alicyclic amines) is 1. The minimum absolute atomic E-state index is 0.0385. The summed E-state index contributed by atoms with van der Waals surface area (Å²) in [7, 11) is 0. The molecule has 3 N–H and O–H groups in total. The molecule has 4 aromatic rings. The minimum atomic E-state index is 0.0385. The molecule has 0 atom stereocenters. The first-order valence-electron chi connectivity index (χ1n) is 13.1. The molecule has 37 heavy (non-hydrogen) atoms. The largest absolute Gasteiger partial charge is 0.489 e. The fourth-order valence-electron chi connectivity index (χ4n) is 5.01. The van der Waals surface area contributed by atoms with E-state index in [9.17, 15) is 0 Å². The normalized spacial score (nSPS) is 14.9. The van der Waals surface area contributed by atoms with Gasteiger partial charge in [-0.05, 0) is 101 Å². The molecule has 0 saturated carbocycles. The predicted molar refractivity (Wildman–Crippen MR) is 148 cm³/mol. The van der Waals surface area contributed by atoms with Gasteiger partial charge in [-0.15, -0.1) is 5.10 Å². The van der Waals surface area contributed by atoms with E-state index in [0.29, 0.717) is 28.8 Å². The van der Waals surface area contributed by atoms with Gasteiger partial charge < -0.3 is 20.3 Å². The average molecular weight is 501 g/mol. The number of rotatable bonds is 8. The van der Waals surface area contributed by atoms with Crippen molar-refractivity contribution in [2.45, 2.75) is 59.5 Å². The van der Waals surface area contributed by atoms with Gasteiger partial charge in [0, 0.05) is 5.69 Å². The Morgan fingerprint density at radius 1 is 1.03 bits per heavy atom. The number of aromatic nitrogens is 5. The molecule has 2 aromatic heterocycles. The van der Waals surface area contributed by atoms with Gasteiger partial charge in [-0.1, -0.05) is 30.3 Å². The van der Waals surface area contributed by atoms with Gasteiger partial charge in [0.1, 0.15) is 5.75 Å². The standard InChI is InChI=1S/C28H36N8O/c1-6-36-13-11-20(12-14-36)21-16-24(37-17(2)3)23(15-19(21)5)30-28-31-26(25-27(32-28)34-35-33-25)29-22-10-8-7-9-18(22)4/h7-10,15-17,20H,6,11-14H2,1-5H3,(H3,29,30,31,32,33,34,35). The fraction of sp³-hybridized carbons (Fsp3) is 0.429. The highest BCUT2D eigenvalue weighted by atomic mass is 16.5. The summed E-state index contributed by atoms with van der Waals surface area (Å²) in [5.74, 6) is 2.37. The number of hydrogen-bond donors (Lipinski definition) is 3. The first kappa shape index (κ1) is 25.0. The van der Waals surface area contributed by atoms with Crippen LogP contribution >= 0.6 is 0 Å². The molecule has 0 unspecified atom stereocenters. The molecule has 194 valence electrons. The second-order valence-electron chi connectivity index (χ2n) is 10.0. The number of para-hydroxylation sites is 1. The Kier molecular flexibility index (Phi) is 7.23. The van der Waals surface area contributed by atoms with Gasteiger partial charge in [-0.3, -0.25) is 0 Å². The molecule has 0 aliphatic carbocycles. The quantitative estimate of drug-likeness (QED) is 0.277. The van der Waals surface area contributed by atoms with Crippen molar-refractivity contribution in [3.8, 4) is 5.75 Å². The molecule has 2 aromatic carbocycles. The van der Waals surface area contributed by atoms with Crippen LogP contribution in [0.2, 0.25) is 0 Å². The summed E-state index contributed by atoms with van der Waals surface area (Å²) in [6.45, 7) is 14.0. The van der Waals surface area contributed by atoms with Gasteiger partial charge in [0.25, 0.3) is 0 Å². The number of piperidine rings is 1. The third-order valence-electron chi connectivity index (χ3n) is 7.04. The molecule has 3 heterocycles. The SMILES string of the molecule is CCN1CCC(c2cc(OC(C)C)c(Nc3nc(Nc4ccccc4C)c4nn[nH]c4n3)cc2C)CC1. The lowest BCUT2D eigenvalue weighted by Gasteiger charge is -2.32. The van der Waals surface area contributed by atoms with E-state index >= 15 is 0 Å². The Labute approximate surface area is 218 Å². The number of nitrogens with zero attached hydrogens (tertiary/aromatic N) is 5. The van der Waals surface area contributed by atoms with Crippen molar-refractivity contribution in [3.05, 3.63) is 53.1 Å². The van der Waals surface area contributed by atoms with Crippen LogP contribution in [-0.4, -0.2) is 56.0 Å². The number of aromatic amines is 1. The van der Waals surface area contributed by atoms with Gasteiger partial charge >= 0.3 is 0 Å². The molecular formula is C28H36N8O. The zero-order chi connectivity index (χ0) is 25.9. The summed E-state index contributed by atoms with van der Waals surface area (Å²) in [6.07, 6.45) is 2.38. The molecule has 0 radical (unpaired) electrons. The zero-order valence-electron chi connectivity index (χ0n) is 22.3. The molecule has 9 nitrogen and oxygen atoms in total. The van der Waals surface area contributed by atoms with Crippen LogP contribution in [0.3, 0.4) is 0 Å². The summed E-state index contributed by atoms with van der Waals surface area (Å²) in [6, 6.07) is 12.4. The van der Waals surface area contributed by atoms with Crippen molar-refractivity contribution in [2.75, 3.05) is 30.3 Å². The first-order chi connectivity index (χ1) is 17.9. The van der Waals surface area contributed by atoms with E-state index in [1.807, 2.05) is 32.0 Å². The number of aryl methyl sites for hydroxylation is 2. The Bertz CT molecular complexity index is 1370. The molecule has 1 aliphatic rings. The smallest absolute Gasteiger partial charge is 0.231 e. The van der Waals surface area contributed by atoms with Gasteiger partial charge in [-0.25, -0.2) is 5.10 Å². The van der Waals surface area contributed by atoms with Crippen molar-refractivity contribution < 1.29 is 4.74 Å². The number of benzene rings is 2. The van der Waals surface area contributed by atoms with Gasteiger partial charge in [-0.2, -0.15) is 9.97 Å². The lowest BCUT2D eigenvalue weighted by molar-refractivity contribution is 0.221. The monoisotopic (exact) mass is 500 g/mol. The van der Waals surface area contributed by atoms with Crippen LogP contribution in [0.5, 0.6) is 5.75 Å². The van der Waals surface area contributed by atoms with Gasteiger partial charge in [0.2, 0.25) is 5.95 Å². The molecule has 9 heteroatoms. The third kappa shape index (κ3) is 5.51. The maximum atomic E-state index is 6.28. The van der Waals surface area contributed by atoms with E-state index in [1.54, 1.807) is 0 Å². The number of ether oxygens (including phenoxy) is 1. The number of anilines is 4. The van der Waals surface area contributed by atoms with Crippen molar-refractivity contribution in [2.24, 2.45) is 0 Å². The van der Waals surface area contributed by atoms with Crippen LogP contribution in [0, 0.1) is 13.8 Å². The Hall–Kier alpha value is -3.72. The molecular weight excluding hydrogens is 464 g/mol. The zero-order valence-corrected chi connectivity index (χ0v) is 22.3. The average Bonchev–Trinajstić information content (AvgIpc) is 3.36. The first-order valence-corrected chi connectivity index (χ1v) is 13.1. The van der Waals surface area contributed by atoms with E-state index in [0.717, 1.165) is 42.3 Å². The molecule has 1 fully saturated rings. The Morgan fingerprint density at radius 2 is 1.81 bits per heavy atom. The van der Waals surface area contributed by atoms with E-state index in [4.69, 9.17) is 9.72 Å². The molecule has 0 spiro atoms. The lowest BCUT2D eigenvalue weighted by atomic mass is 9.86. The van der Waals surface area contributed by atoms with Crippen molar-refractivity contribution >= 4 is 34.3 Å². The van der Waals surface area contributed by atoms with Crippen LogP contribution < -0.4 is 15.4 Å². The van der Waals surface area contributed by atoms with E-state index in [-0.39, 0.29) is 6.10 Å². The summed E-state index contributed by atoms with van der Waals surface area (Å²) >= 11 is 0. The third-order valence-corrected chi connectivity index (χ3v) is 7.04. The summed E-state index contributed by atoms with van der Waals surface area (Å²) in [4.78, 5) is 11.9. The maximum Gasteiger partial charge on any atom is 0.231 e. The topological polar surface area (TPSA) is 104 Å². The predicted octanol–water partition coefficient (Wildman–Crippen LogP) is 5.84. The van der Waals surface area contributed by atoms with E-state index in [2.05, 4.69) is 74.9 Å². The highest BCUT2D eigenvalue weighted by Gasteiger charge is 2.23. The maximum absolute atomic E-state index is 6.28. The van der Waals surface area contributed by atoms with Crippen molar-refractivity contribution in [3.63, 3.8) is 0 Å². The summed E-state index contributed by atoms with van der Waals surface area (Å²) in [5.41, 5.74) is 6.65. The van der Waals surface area contributed by atoms with Gasteiger partial charge in [0.05, 0.1) is 11.8 Å². The minimum Gasteiger partial charge on any atom is -0.489 e. The van der Waals surface area contributed by atoms with Crippen LogP contribution in [0.25, 0.3) is 11.2 Å². The highest BCUT2D eigenvalue weighted by molar-refractivity contribution is 5.86. The summed E-state index contributed by atoms with van der Waals surface area (Å²) in [5, 5.41) is 17.8. The van der Waals surface area contributed by atoms with Crippen LogP contribution in [0.1, 0.15) is 56.2 Å². The lowest BCUT2D eigenvalue weighted by Crippen LogP contribution is -2.32. The van der Waals surface area contributed by atoms with Crippen molar-refractivity contribution in [1.29, 1.82) is 0 Å². The van der Waals surface area contributed by atoms with E-state index < -0.39 is 0 Å². The van der Waals surface area contributed by atoms with Gasteiger partial charge in [0.15, 0.2) is 17.0 Å². The second-order valence-corrected chi connectivity index (χ2v) is 10.0. The highest BCUT2D eigenvalue weighted by Crippen LogP contribution is 2.38. The molecule has 1 saturated heterocycles. The second kappa shape index (κ2) is 10.7. The number of fused-ring (bicyclic) bond motifs is 1. The van der Waals surface area contributed by atoms with Crippen LogP contribution in [-0.2, 0) is 0 Å². The van der Waals surface area contributed by atoms with Crippen LogP contribution in [0.15, 0.2) is 36.4 Å². The van der Waals surface area contributed by atoms with E-state index in [1.165, 1.54) is 24.0 Å². The molecule has 0 bridgehead atoms. The van der Waals surface area contributed by atoms with Crippen molar-refractivity contribution in [1.82, 2.24) is 30.3 Å². The molecule has 1 aliphatic heterocycles. The fourth-order valence-corrected chi connectivity index (χ4v) is 5.01. The number of nitrogens with one attached hydrogen (secondary N) is 3.